The van der Waals surface area contributed by atoms with Gasteiger partial charge in [0.1, 0.15) is 36.6 Å². The summed E-state index contributed by atoms with van der Waals surface area (Å²) in [5.74, 6) is -1.56. The Balaban J connectivity index is 1.63. The number of rotatable bonds is 4. The third-order valence-electron chi connectivity index (χ3n) is 7.21. The molecule has 0 bridgehead atoms. The van der Waals surface area contributed by atoms with Crippen LogP contribution in [0.5, 0.6) is 0 Å². The van der Waals surface area contributed by atoms with Crippen molar-refractivity contribution in [3.8, 4) is 0 Å². The Labute approximate surface area is 191 Å². The summed E-state index contributed by atoms with van der Waals surface area (Å²) in [5, 5.41) is 39.8. The van der Waals surface area contributed by atoms with E-state index in [1.54, 1.807) is 0 Å². The van der Waals surface area contributed by atoms with E-state index in [0.717, 1.165) is 11.1 Å². The van der Waals surface area contributed by atoms with Crippen molar-refractivity contribution in [3.63, 3.8) is 0 Å². The Kier molecular flexibility index (Phi) is 6.41. The lowest BCUT2D eigenvalue weighted by atomic mass is 9.80. The molecule has 0 aromatic carbocycles. The van der Waals surface area contributed by atoms with E-state index < -0.39 is 67.4 Å². The van der Waals surface area contributed by atoms with Crippen molar-refractivity contribution in [1.82, 2.24) is 0 Å². The number of aliphatic hydroxyl groups excluding tert-OH is 4. The van der Waals surface area contributed by atoms with Gasteiger partial charge in [0.25, 0.3) is 0 Å². The number of fused-ring (bicyclic) bond motifs is 3. The highest BCUT2D eigenvalue weighted by atomic mass is 16.7. The summed E-state index contributed by atoms with van der Waals surface area (Å²) in [4.78, 5) is 24.1. The molecule has 0 amide bonds. The van der Waals surface area contributed by atoms with Gasteiger partial charge in [0.2, 0.25) is 6.29 Å². The van der Waals surface area contributed by atoms with Crippen molar-refractivity contribution in [1.29, 1.82) is 0 Å². The third-order valence-corrected chi connectivity index (χ3v) is 7.21. The quantitative estimate of drug-likeness (QED) is 0.247. The Hall–Kier alpha value is -2.24. The number of aliphatic hydroxyl groups is 4. The Morgan fingerprint density at radius 1 is 1.12 bits per heavy atom. The average Bonchev–Trinajstić information content (AvgIpc) is 3.19. The predicted octanol–water partition coefficient (Wildman–Crippen LogP) is -0.298. The summed E-state index contributed by atoms with van der Waals surface area (Å²) in [7, 11) is 0. The molecule has 2 aliphatic heterocycles. The number of ether oxygens (including phenoxy) is 4. The molecule has 2 aliphatic carbocycles. The van der Waals surface area contributed by atoms with Gasteiger partial charge in [-0.15, -0.1) is 0 Å². The van der Waals surface area contributed by atoms with Gasteiger partial charge < -0.3 is 39.4 Å². The molecule has 182 valence electrons. The number of allylic oxidation sites excluding steroid dienone is 1. The zero-order chi connectivity index (χ0) is 24.2. The van der Waals surface area contributed by atoms with Crippen LogP contribution in [0, 0.1) is 17.8 Å². The first-order valence-corrected chi connectivity index (χ1v) is 11.0. The van der Waals surface area contributed by atoms with Gasteiger partial charge in [0.05, 0.1) is 18.3 Å². The van der Waals surface area contributed by atoms with Gasteiger partial charge in [-0.05, 0) is 18.4 Å². The molecule has 0 spiro atoms. The molecule has 2 saturated heterocycles. The van der Waals surface area contributed by atoms with Crippen LogP contribution >= 0.6 is 0 Å². The molecule has 2 heterocycles. The van der Waals surface area contributed by atoms with E-state index in [2.05, 4.69) is 13.2 Å². The van der Waals surface area contributed by atoms with Gasteiger partial charge in [-0.2, -0.15) is 0 Å². The standard InChI is InChI=1S/C23H30O10/c1-8-5-14(30-11(4)25)17-10(3)22(29)33-21(17)16-9(2)13(6-12(8)16)31-23-20(28)19(27)18(26)15(7-24)32-23/h12,14-21,23-24,26-28H,1,3,5-7H2,2,4H3. The summed E-state index contributed by atoms with van der Waals surface area (Å²) >= 11 is 0. The first kappa shape index (κ1) is 23.9. The maximum absolute atomic E-state index is 12.4. The van der Waals surface area contributed by atoms with E-state index in [0.29, 0.717) is 18.6 Å². The largest absolute Gasteiger partial charge is 0.466 e. The van der Waals surface area contributed by atoms with E-state index >= 15 is 0 Å². The van der Waals surface area contributed by atoms with Crippen LogP contribution in [-0.2, 0) is 28.5 Å². The van der Waals surface area contributed by atoms with E-state index in [1.165, 1.54) is 6.92 Å². The molecule has 0 aromatic rings. The Morgan fingerprint density at radius 3 is 2.45 bits per heavy atom. The lowest BCUT2D eigenvalue weighted by Gasteiger charge is -2.40. The first-order chi connectivity index (χ1) is 15.5. The van der Waals surface area contributed by atoms with Crippen LogP contribution in [-0.4, -0.2) is 81.9 Å². The molecule has 0 radical (unpaired) electrons. The van der Waals surface area contributed by atoms with Crippen LogP contribution in [0.15, 0.2) is 35.6 Å². The van der Waals surface area contributed by atoms with Crippen molar-refractivity contribution in [3.05, 3.63) is 35.6 Å². The fourth-order valence-electron chi connectivity index (χ4n) is 5.50. The molecular formula is C23H30O10. The molecule has 33 heavy (non-hydrogen) atoms. The van der Waals surface area contributed by atoms with Crippen LogP contribution < -0.4 is 0 Å². The molecule has 0 aromatic heterocycles. The summed E-state index contributed by atoms with van der Waals surface area (Å²) < 4.78 is 22.6. The maximum Gasteiger partial charge on any atom is 0.334 e. The summed E-state index contributed by atoms with van der Waals surface area (Å²) in [5.41, 5.74) is 1.80. The van der Waals surface area contributed by atoms with E-state index in [4.69, 9.17) is 18.9 Å². The summed E-state index contributed by atoms with van der Waals surface area (Å²) in [6, 6.07) is 0. The van der Waals surface area contributed by atoms with Gasteiger partial charge in [0.15, 0.2) is 0 Å². The monoisotopic (exact) mass is 466 g/mol. The highest BCUT2D eigenvalue weighted by Crippen LogP contribution is 2.53. The van der Waals surface area contributed by atoms with Crippen molar-refractivity contribution in [2.45, 2.75) is 69.6 Å². The topological polar surface area (TPSA) is 152 Å². The van der Waals surface area contributed by atoms with Crippen LogP contribution in [0.4, 0.5) is 0 Å². The number of carbonyl (C=O) groups excluding carboxylic acids is 2. The number of esters is 2. The predicted molar refractivity (Wildman–Crippen MR) is 111 cm³/mol. The molecule has 4 rings (SSSR count). The first-order valence-electron chi connectivity index (χ1n) is 11.0. The third kappa shape index (κ3) is 4.00. The summed E-state index contributed by atoms with van der Waals surface area (Å²) in [6.45, 7) is 10.6. The van der Waals surface area contributed by atoms with Crippen LogP contribution in [0.3, 0.4) is 0 Å². The molecule has 10 unspecified atom stereocenters. The Morgan fingerprint density at radius 2 is 1.82 bits per heavy atom. The SMILES string of the molecule is C=C1CC(OC(C)=O)C2C(=C)C(=O)OC2C2C(C)=C(OC3OC(CO)C(O)C(O)C3O)CC12. The highest BCUT2D eigenvalue weighted by Gasteiger charge is 2.56. The molecule has 3 fully saturated rings. The van der Waals surface area contributed by atoms with Gasteiger partial charge in [-0.3, -0.25) is 4.79 Å². The van der Waals surface area contributed by atoms with Crippen LogP contribution in [0.25, 0.3) is 0 Å². The zero-order valence-electron chi connectivity index (χ0n) is 18.5. The normalized spacial score (nSPS) is 43.0. The minimum atomic E-state index is -1.56. The van der Waals surface area contributed by atoms with E-state index in [-0.39, 0.29) is 17.4 Å². The molecule has 10 nitrogen and oxygen atoms in total. The second-order valence-electron chi connectivity index (χ2n) is 9.19. The summed E-state index contributed by atoms with van der Waals surface area (Å²) in [6.07, 6.45) is -7.55. The Bertz CT molecular complexity index is 892. The minimum absolute atomic E-state index is 0.184. The number of hydrogen-bond donors (Lipinski definition) is 4. The molecule has 1 saturated carbocycles. The fourth-order valence-corrected chi connectivity index (χ4v) is 5.50. The molecule has 10 atom stereocenters. The second kappa shape index (κ2) is 8.84. The van der Waals surface area contributed by atoms with Crippen molar-refractivity contribution >= 4 is 11.9 Å². The number of hydrogen-bond acceptors (Lipinski definition) is 10. The average molecular weight is 466 g/mol. The van der Waals surface area contributed by atoms with Crippen molar-refractivity contribution in [2.24, 2.45) is 17.8 Å². The van der Waals surface area contributed by atoms with Gasteiger partial charge in [0, 0.05) is 31.3 Å². The smallest absolute Gasteiger partial charge is 0.334 e. The van der Waals surface area contributed by atoms with Crippen LogP contribution in [0.1, 0.15) is 26.7 Å². The lowest BCUT2D eigenvalue weighted by molar-refractivity contribution is -0.292. The second-order valence-corrected chi connectivity index (χ2v) is 9.19. The molecule has 4 aliphatic rings. The van der Waals surface area contributed by atoms with Crippen molar-refractivity contribution < 1.29 is 49.0 Å². The maximum atomic E-state index is 12.4. The van der Waals surface area contributed by atoms with E-state index in [1.807, 2.05) is 6.92 Å². The molecule has 4 N–H and O–H groups in total. The van der Waals surface area contributed by atoms with Crippen molar-refractivity contribution in [2.75, 3.05) is 6.61 Å². The van der Waals surface area contributed by atoms with Gasteiger partial charge in [-0.1, -0.05) is 18.7 Å². The van der Waals surface area contributed by atoms with Gasteiger partial charge >= 0.3 is 11.9 Å². The minimum Gasteiger partial charge on any atom is -0.466 e. The molecule has 10 heteroatoms. The van der Waals surface area contributed by atoms with E-state index in [9.17, 15) is 30.0 Å². The molecular weight excluding hydrogens is 436 g/mol. The highest BCUT2D eigenvalue weighted by molar-refractivity contribution is 5.91. The van der Waals surface area contributed by atoms with Gasteiger partial charge in [-0.25, -0.2) is 4.79 Å². The van der Waals surface area contributed by atoms with Crippen LogP contribution in [0.2, 0.25) is 0 Å². The fraction of sp³-hybridized carbons (Fsp3) is 0.652. The number of carbonyl (C=O) groups is 2. The lowest BCUT2D eigenvalue weighted by Crippen LogP contribution is -2.59. The zero-order valence-corrected chi connectivity index (χ0v) is 18.5.